The van der Waals surface area contributed by atoms with Crippen LogP contribution in [0.25, 0.3) is 5.69 Å². The molecule has 0 saturated carbocycles. The largest absolute Gasteiger partial charge is 0.352 e. The number of rotatable bonds is 6. The molecule has 23 heavy (non-hydrogen) atoms. The fourth-order valence-electron chi connectivity index (χ4n) is 2.49. The average molecular weight is 334 g/mol. The van der Waals surface area contributed by atoms with Gasteiger partial charge in [0.15, 0.2) is 0 Å². The summed E-state index contributed by atoms with van der Waals surface area (Å²) in [6.45, 7) is 8.85. The van der Waals surface area contributed by atoms with E-state index in [0.717, 1.165) is 29.9 Å². The number of hydrogen-bond donors (Lipinski definition) is 1. The lowest BCUT2D eigenvalue weighted by Crippen LogP contribution is -2.28. The monoisotopic (exact) mass is 333 g/mol. The zero-order valence-electron chi connectivity index (χ0n) is 14.2. The predicted molar refractivity (Wildman–Crippen MR) is 94.5 cm³/mol. The number of amides is 1. The highest BCUT2D eigenvalue weighted by atomic mass is 35.5. The minimum absolute atomic E-state index is 0.0418. The van der Waals surface area contributed by atoms with E-state index < -0.39 is 0 Å². The summed E-state index contributed by atoms with van der Waals surface area (Å²) < 4.78 is 1.83. The van der Waals surface area contributed by atoms with Gasteiger partial charge in [0, 0.05) is 11.6 Å². The molecule has 4 nitrogen and oxygen atoms in total. The summed E-state index contributed by atoms with van der Waals surface area (Å²) in [6, 6.07) is 7.48. The van der Waals surface area contributed by atoms with E-state index in [1.54, 1.807) is 0 Å². The molecular weight excluding hydrogens is 310 g/mol. The molecule has 0 saturated heterocycles. The lowest BCUT2D eigenvalue weighted by atomic mass is 10.1. The van der Waals surface area contributed by atoms with Crippen LogP contribution in [-0.2, 0) is 6.42 Å². The lowest BCUT2D eigenvalue weighted by Gasteiger charge is -2.09. The molecule has 1 N–H and O–H groups in total. The van der Waals surface area contributed by atoms with Crippen molar-refractivity contribution in [2.75, 3.05) is 6.54 Å². The van der Waals surface area contributed by atoms with E-state index in [0.29, 0.717) is 23.0 Å². The zero-order chi connectivity index (χ0) is 17.0. The van der Waals surface area contributed by atoms with Crippen LogP contribution >= 0.6 is 11.6 Å². The summed E-state index contributed by atoms with van der Waals surface area (Å²) in [7, 11) is 0. The molecule has 1 aromatic heterocycles. The minimum atomic E-state index is -0.0418. The molecule has 0 aliphatic rings. The molecule has 0 spiro atoms. The summed E-state index contributed by atoms with van der Waals surface area (Å²) in [6.07, 6.45) is 1.73. The van der Waals surface area contributed by atoms with Crippen molar-refractivity contribution in [1.29, 1.82) is 0 Å². The normalized spacial score (nSPS) is 11.0. The maximum atomic E-state index is 12.6. The number of benzene rings is 1. The molecule has 0 aliphatic carbocycles. The fourth-order valence-corrected chi connectivity index (χ4v) is 2.61. The minimum Gasteiger partial charge on any atom is -0.352 e. The van der Waals surface area contributed by atoms with E-state index >= 15 is 0 Å². The molecule has 0 unspecified atom stereocenters. The maximum Gasteiger partial charge on any atom is 0.255 e. The van der Waals surface area contributed by atoms with Gasteiger partial charge >= 0.3 is 0 Å². The van der Waals surface area contributed by atoms with Gasteiger partial charge in [0.1, 0.15) is 0 Å². The summed E-state index contributed by atoms with van der Waals surface area (Å²) in [5.74, 6) is 0.375. The van der Waals surface area contributed by atoms with Crippen LogP contribution < -0.4 is 5.32 Å². The number of hydrogen-bond acceptors (Lipinski definition) is 2. The number of aromatic nitrogens is 2. The molecule has 124 valence electrons. The van der Waals surface area contributed by atoms with Gasteiger partial charge in [0.05, 0.1) is 22.6 Å². The first kappa shape index (κ1) is 17.5. The van der Waals surface area contributed by atoms with E-state index in [-0.39, 0.29) is 5.91 Å². The Bertz CT molecular complexity index is 674. The van der Waals surface area contributed by atoms with Crippen molar-refractivity contribution in [3.05, 3.63) is 46.2 Å². The Labute approximate surface area is 142 Å². The highest BCUT2D eigenvalue weighted by Crippen LogP contribution is 2.21. The van der Waals surface area contributed by atoms with Crippen LogP contribution in [-0.4, -0.2) is 22.2 Å². The topological polar surface area (TPSA) is 46.9 Å². The molecule has 1 amide bonds. The van der Waals surface area contributed by atoms with Crippen molar-refractivity contribution < 1.29 is 4.79 Å². The van der Waals surface area contributed by atoms with Crippen LogP contribution in [0.15, 0.2) is 24.3 Å². The third-order valence-corrected chi connectivity index (χ3v) is 3.90. The first-order valence-corrected chi connectivity index (χ1v) is 8.44. The zero-order valence-corrected chi connectivity index (χ0v) is 14.9. The molecule has 2 aromatic rings. The molecule has 0 bridgehead atoms. The highest BCUT2D eigenvalue weighted by Gasteiger charge is 2.21. The molecule has 1 heterocycles. The molecular formula is C18H24ClN3O. The molecule has 5 heteroatoms. The Balaban J connectivity index is 2.40. The van der Waals surface area contributed by atoms with Gasteiger partial charge in [-0.05, 0) is 43.5 Å². The van der Waals surface area contributed by atoms with Gasteiger partial charge in [0.2, 0.25) is 0 Å². The fraction of sp³-hybridized carbons (Fsp3) is 0.444. The van der Waals surface area contributed by atoms with E-state index in [1.165, 1.54) is 0 Å². The van der Waals surface area contributed by atoms with Gasteiger partial charge < -0.3 is 5.32 Å². The van der Waals surface area contributed by atoms with E-state index in [4.69, 9.17) is 11.6 Å². The number of aryl methyl sites for hydroxylation is 1. The van der Waals surface area contributed by atoms with Gasteiger partial charge in [-0.2, -0.15) is 5.10 Å². The second-order valence-electron chi connectivity index (χ2n) is 6.15. The highest BCUT2D eigenvalue weighted by molar-refractivity contribution is 6.30. The summed E-state index contributed by atoms with van der Waals surface area (Å²) in [5.41, 5.74) is 3.31. The van der Waals surface area contributed by atoms with Crippen molar-refractivity contribution in [2.45, 2.75) is 40.5 Å². The van der Waals surface area contributed by atoms with Crippen LogP contribution in [0, 0.1) is 12.8 Å². The quantitative estimate of drug-likeness (QED) is 0.862. The van der Waals surface area contributed by atoms with Crippen LogP contribution in [0.5, 0.6) is 0 Å². The van der Waals surface area contributed by atoms with E-state index in [2.05, 4.69) is 31.2 Å². The van der Waals surface area contributed by atoms with Crippen LogP contribution in [0.3, 0.4) is 0 Å². The van der Waals surface area contributed by atoms with Crippen molar-refractivity contribution in [2.24, 2.45) is 5.92 Å². The second kappa shape index (κ2) is 7.64. The van der Waals surface area contributed by atoms with E-state index in [1.807, 2.05) is 35.9 Å². The maximum absolute atomic E-state index is 12.6. The lowest BCUT2D eigenvalue weighted by molar-refractivity contribution is 0.0947. The standard InChI is InChI=1S/C18H24ClN3O/c1-5-6-16-17(18(23)20-11-12(2)3)13(4)22(21-16)15-9-7-14(19)8-10-15/h7-10,12H,5-6,11H2,1-4H3,(H,20,23). The van der Waals surface area contributed by atoms with Crippen LogP contribution in [0.2, 0.25) is 5.02 Å². The second-order valence-corrected chi connectivity index (χ2v) is 6.59. The number of carbonyl (C=O) groups is 1. The Morgan fingerprint density at radius 2 is 1.96 bits per heavy atom. The van der Waals surface area contributed by atoms with Crippen LogP contribution in [0.4, 0.5) is 0 Å². The number of carbonyl (C=O) groups excluding carboxylic acids is 1. The molecule has 2 rings (SSSR count). The Morgan fingerprint density at radius 1 is 1.30 bits per heavy atom. The van der Waals surface area contributed by atoms with Crippen molar-refractivity contribution in [3.8, 4) is 5.69 Å². The Hall–Kier alpha value is -1.81. The van der Waals surface area contributed by atoms with Crippen molar-refractivity contribution in [3.63, 3.8) is 0 Å². The molecule has 0 radical (unpaired) electrons. The molecule has 1 aromatic carbocycles. The first-order chi connectivity index (χ1) is 10.9. The van der Waals surface area contributed by atoms with Crippen molar-refractivity contribution in [1.82, 2.24) is 15.1 Å². The average Bonchev–Trinajstić information content (AvgIpc) is 2.83. The smallest absolute Gasteiger partial charge is 0.255 e. The number of nitrogens with one attached hydrogen (secondary N) is 1. The Kier molecular flexibility index (Phi) is 5.83. The third-order valence-electron chi connectivity index (χ3n) is 3.64. The number of nitrogens with zero attached hydrogens (tertiary/aromatic N) is 2. The van der Waals surface area contributed by atoms with Gasteiger partial charge in [-0.15, -0.1) is 0 Å². The third kappa shape index (κ3) is 4.14. The first-order valence-electron chi connectivity index (χ1n) is 8.06. The van der Waals surface area contributed by atoms with Crippen LogP contribution in [0.1, 0.15) is 48.9 Å². The van der Waals surface area contributed by atoms with Gasteiger partial charge in [-0.1, -0.05) is 38.8 Å². The molecule has 0 aliphatic heterocycles. The summed E-state index contributed by atoms with van der Waals surface area (Å²) in [4.78, 5) is 12.6. The predicted octanol–water partition coefficient (Wildman–Crippen LogP) is 4.17. The molecule has 0 fully saturated rings. The van der Waals surface area contributed by atoms with Gasteiger partial charge in [-0.25, -0.2) is 4.68 Å². The summed E-state index contributed by atoms with van der Waals surface area (Å²) >= 11 is 5.95. The number of halogens is 1. The molecule has 0 atom stereocenters. The van der Waals surface area contributed by atoms with Crippen molar-refractivity contribution >= 4 is 17.5 Å². The summed E-state index contributed by atoms with van der Waals surface area (Å²) in [5, 5.41) is 8.34. The Morgan fingerprint density at radius 3 is 2.52 bits per heavy atom. The van der Waals surface area contributed by atoms with Gasteiger partial charge in [0.25, 0.3) is 5.91 Å². The van der Waals surface area contributed by atoms with E-state index in [9.17, 15) is 4.79 Å². The SMILES string of the molecule is CCCc1nn(-c2ccc(Cl)cc2)c(C)c1C(=O)NCC(C)C. The van der Waals surface area contributed by atoms with Gasteiger partial charge in [-0.3, -0.25) is 4.79 Å².